The fraction of sp³-hybridized carbons (Fsp3) is 0.438. The molecule has 2 aromatic rings. The van der Waals surface area contributed by atoms with Crippen molar-refractivity contribution < 1.29 is 4.79 Å². The number of thioether (sulfide) groups is 1. The first-order valence-electron chi connectivity index (χ1n) is 7.80. The maximum Gasteiger partial charge on any atom is 0.237 e. The van der Waals surface area contributed by atoms with Crippen molar-refractivity contribution in [3.63, 3.8) is 0 Å². The molecule has 0 aliphatic carbocycles. The Hall–Kier alpha value is -1.31. The van der Waals surface area contributed by atoms with Crippen LogP contribution in [0.25, 0.3) is 0 Å². The summed E-state index contributed by atoms with van der Waals surface area (Å²) in [5.74, 6) is -0.0824. The van der Waals surface area contributed by atoms with Crippen LogP contribution in [0.5, 0.6) is 0 Å². The van der Waals surface area contributed by atoms with Crippen molar-refractivity contribution in [1.29, 1.82) is 0 Å². The number of hydrogen-bond donors (Lipinski definition) is 2. The van der Waals surface area contributed by atoms with Crippen LogP contribution in [0.2, 0.25) is 5.02 Å². The van der Waals surface area contributed by atoms with Crippen LogP contribution in [0.15, 0.2) is 22.5 Å². The van der Waals surface area contributed by atoms with Gasteiger partial charge in [0.05, 0.1) is 5.25 Å². The van der Waals surface area contributed by atoms with E-state index in [1.165, 1.54) is 23.1 Å². The Bertz CT molecular complexity index is 692. The number of unbranched alkanes of at least 4 members (excludes halogenated alkanes) is 1. The first-order valence-corrected chi connectivity index (χ1v) is 9.88. The van der Waals surface area contributed by atoms with Gasteiger partial charge in [0.2, 0.25) is 11.0 Å². The standard InChI is InChI=1S/C16H21ClN4OS2/c1-4-5-8-18-15-20-21-16(24-15)23-11(3)14(22)19-13-9-12(17)7-6-10(13)2/h6-7,9,11H,4-5,8H2,1-3H3,(H,18,20)(H,19,22)/t11-/m0/s1. The third-order valence-corrected chi connectivity index (χ3v) is 5.62. The highest BCUT2D eigenvalue weighted by Gasteiger charge is 2.18. The van der Waals surface area contributed by atoms with Gasteiger partial charge >= 0.3 is 0 Å². The third-order valence-electron chi connectivity index (χ3n) is 3.32. The van der Waals surface area contributed by atoms with Crippen molar-refractivity contribution in [2.24, 2.45) is 0 Å². The average molecular weight is 385 g/mol. The summed E-state index contributed by atoms with van der Waals surface area (Å²) in [6.45, 7) is 6.82. The van der Waals surface area contributed by atoms with E-state index in [4.69, 9.17) is 11.6 Å². The Morgan fingerprint density at radius 1 is 1.42 bits per heavy atom. The molecule has 5 nitrogen and oxygen atoms in total. The molecule has 0 spiro atoms. The second-order valence-corrected chi connectivity index (χ2v) is 8.36. The van der Waals surface area contributed by atoms with Gasteiger partial charge in [-0.05, 0) is 38.0 Å². The number of amides is 1. The van der Waals surface area contributed by atoms with Crippen LogP contribution in [0, 0.1) is 6.92 Å². The summed E-state index contributed by atoms with van der Waals surface area (Å²) in [5.41, 5.74) is 1.71. The van der Waals surface area contributed by atoms with E-state index in [1.807, 2.05) is 19.9 Å². The lowest BCUT2D eigenvalue weighted by Crippen LogP contribution is -2.22. The van der Waals surface area contributed by atoms with Crippen molar-refractivity contribution in [2.75, 3.05) is 17.2 Å². The molecule has 1 aromatic heterocycles. The zero-order chi connectivity index (χ0) is 17.5. The zero-order valence-electron chi connectivity index (χ0n) is 13.9. The van der Waals surface area contributed by atoms with E-state index in [0.29, 0.717) is 5.02 Å². The lowest BCUT2D eigenvalue weighted by atomic mass is 10.2. The summed E-state index contributed by atoms with van der Waals surface area (Å²) >= 11 is 8.85. The molecule has 130 valence electrons. The molecule has 2 N–H and O–H groups in total. The largest absolute Gasteiger partial charge is 0.360 e. The highest BCUT2D eigenvalue weighted by molar-refractivity contribution is 8.02. The summed E-state index contributed by atoms with van der Waals surface area (Å²) < 4.78 is 0.777. The number of carbonyl (C=O) groups excluding carboxylic acids is 1. The molecule has 0 radical (unpaired) electrons. The van der Waals surface area contributed by atoms with Gasteiger partial charge in [-0.15, -0.1) is 10.2 Å². The van der Waals surface area contributed by atoms with Gasteiger partial charge in [0.1, 0.15) is 0 Å². The highest BCUT2D eigenvalue weighted by Crippen LogP contribution is 2.30. The number of hydrogen-bond acceptors (Lipinski definition) is 6. The smallest absolute Gasteiger partial charge is 0.237 e. The fourth-order valence-corrected chi connectivity index (χ4v) is 3.96. The topological polar surface area (TPSA) is 66.9 Å². The predicted octanol–water partition coefficient (Wildman–Crippen LogP) is 4.83. The van der Waals surface area contributed by atoms with E-state index in [-0.39, 0.29) is 11.2 Å². The van der Waals surface area contributed by atoms with Crippen molar-refractivity contribution in [2.45, 2.75) is 43.2 Å². The Balaban J connectivity index is 1.90. The molecule has 0 unspecified atom stereocenters. The van der Waals surface area contributed by atoms with Crippen LogP contribution in [-0.4, -0.2) is 27.9 Å². The van der Waals surface area contributed by atoms with Gasteiger partial charge in [0, 0.05) is 17.3 Å². The Labute approximate surface area is 155 Å². The molecule has 24 heavy (non-hydrogen) atoms. The third kappa shape index (κ3) is 5.65. The van der Waals surface area contributed by atoms with Crippen molar-refractivity contribution in [3.8, 4) is 0 Å². The highest BCUT2D eigenvalue weighted by atomic mass is 35.5. The summed E-state index contributed by atoms with van der Waals surface area (Å²) in [4.78, 5) is 12.4. The molecule has 0 bridgehead atoms. The number of halogens is 1. The Morgan fingerprint density at radius 2 is 2.21 bits per heavy atom. The number of nitrogens with one attached hydrogen (secondary N) is 2. The van der Waals surface area contributed by atoms with Crippen LogP contribution in [0.3, 0.4) is 0 Å². The van der Waals surface area contributed by atoms with E-state index in [9.17, 15) is 4.79 Å². The van der Waals surface area contributed by atoms with Crippen molar-refractivity contribution >= 4 is 51.4 Å². The minimum Gasteiger partial charge on any atom is -0.360 e. The molecule has 2 rings (SSSR count). The average Bonchev–Trinajstić information content (AvgIpc) is 2.98. The fourth-order valence-electron chi connectivity index (χ4n) is 1.87. The molecule has 8 heteroatoms. The summed E-state index contributed by atoms with van der Waals surface area (Å²) in [6, 6.07) is 5.45. The molecule has 1 atom stereocenters. The van der Waals surface area contributed by atoms with Crippen molar-refractivity contribution in [3.05, 3.63) is 28.8 Å². The van der Waals surface area contributed by atoms with Gasteiger partial charge in [-0.2, -0.15) is 0 Å². The van der Waals surface area contributed by atoms with E-state index < -0.39 is 0 Å². The quantitative estimate of drug-likeness (QED) is 0.504. The molecular formula is C16H21ClN4OS2. The number of carbonyl (C=O) groups is 1. The summed E-state index contributed by atoms with van der Waals surface area (Å²) in [5, 5.41) is 15.5. The normalized spacial score (nSPS) is 12.0. The molecular weight excluding hydrogens is 364 g/mol. The van der Waals surface area contributed by atoms with Crippen LogP contribution in [0.1, 0.15) is 32.3 Å². The first kappa shape index (κ1) is 19.0. The first-order chi connectivity index (χ1) is 11.5. The molecule has 1 aromatic carbocycles. The van der Waals surface area contributed by atoms with Gasteiger partial charge in [-0.1, -0.05) is 54.1 Å². The molecule has 0 saturated carbocycles. The van der Waals surface area contributed by atoms with E-state index >= 15 is 0 Å². The number of anilines is 2. The van der Waals surface area contributed by atoms with Crippen LogP contribution >= 0.6 is 34.7 Å². The van der Waals surface area contributed by atoms with Crippen LogP contribution in [0.4, 0.5) is 10.8 Å². The Kier molecular flexibility index (Phi) is 7.33. The minimum atomic E-state index is -0.278. The summed E-state index contributed by atoms with van der Waals surface area (Å²) in [6.07, 6.45) is 2.23. The summed E-state index contributed by atoms with van der Waals surface area (Å²) in [7, 11) is 0. The molecule has 0 fully saturated rings. The van der Waals surface area contributed by atoms with Gasteiger partial charge in [0.25, 0.3) is 0 Å². The van der Waals surface area contributed by atoms with E-state index in [1.54, 1.807) is 12.1 Å². The van der Waals surface area contributed by atoms with E-state index in [2.05, 4.69) is 27.8 Å². The van der Waals surface area contributed by atoms with Gasteiger partial charge in [-0.3, -0.25) is 4.79 Å². The van der Waals surface area contributed by atoms with Gasteiger partial charge in [-0.25, -0.2) is 0 Å². The second-order valence-electron chi connectivity index (χ2n) is 5.36. The predicted molar refractivity (Wildman–Crippen MR) is 103 cm³/mol. The molecule has 0 saturated heterocycles. The second kappa shape index (κ2) is 9.25. The lowest BCUT2D eigenvalue weighted by Gasteiger charge is -2.12. The van der Waals surface area contributed by atoms with Crippen LogP contribution < -0.4 is 10.6 Å². The number of aryl methyl sites for hydroxylation is 1. The number of nitrogens with zero attached hydrogens (tertiary/aromatic N) is 2. The maximum atomic E-state index is 12.4. The SMILES string of the molecule is CCCCNc1nnc(S[C@@H](C)C(=O)Nc2cc(Cl)ccc2C)s1. The van der Waals surface area contributed by atoms with E-state index in [0.717, 1.165) is 40.1 Å². The molecule has 0 aliphatic heterocycles. The monoisotopic (exact) mass is 384 g/mol. The number of benzene rings is 1. The molecule has 0 aliphatic rings. The van der Waals surface area contributed by atoms with Crippen LogP contribution in [-0.2, 0) is 4.79 Å². The maximum absolute atomic E-state index is 12.4. The van der Waals surface area contributed by atoms with Crippen molar-refractivity contribution in [1.82, 2.24) is 10.2 Å². The Morgan fingerprint density at radius 3 is 2.96 bits per heavy atom. The van der Waals surface area contributed by atoms with Gasteiger partial charge in [0.15, 0.2) is 4.34 Å². The molecule has 1 amide bonds. The lowest BCUT2D eigenvalue weighted by molar-refractivity contribution is -0.115. The number of aromatic nitrogens is 2. The minimum absolute atomic E-state index is 0.0824. The van der Waals surface area contributed by atoms with Gasteiger partial charge < -0.3 is 10.6 Å². The zero-order valence-corrected chi connectivity index (χ0v) is 16.3. The molecule has 1 heterocycles. The number of rotatable bonds is 8.